The molecule has 7 heteroatoms. The highest BCUT2D eigenvalue weighted by Crippen LogP contribution is 2.32. The maximum absolute atomic E-state index is 12.7. The van der Waals surface area contributed by atoms with Crippen molar-refractivity contribution in [1.29, 1.82) is 0 Å². The Morgan fingerprint density at radius 1 is 1.00 bits per heavy atom. The number of fused-ring (bicyclic) bond motifs is 3. The second-order valence-corrected chi connectivity index (χ2v) is 7.57. The molecule has 166 valence electrons. The van der Waals surface area contributed by atoms with Crippen LogP contribution in [0.15, 0.2) is 60.2 Å². The molecule has 0 saturated carbocycles. The quantitative estimate of drug-likeness (QED) is 0.251. The summed E-state index contributed by atoms with van der Waals surface area (Å²) in [5, 5.41) is 1.49. The molecule has 0 saturated heterocycles. The summed E-state index contributed by atoms with van der Waals surface area (Å²) in [7, 11) is 2.59. The number of nitrogens with zero attached hydrogens (tertiary/aromatic N) is 2. The number of methoxy groups -OCH3 is 2. The van der Waals surface area contributed by atoms with E-state index in [0.29, 0.717) is 22.8 Å². The average Bonchev–Trinajstić information content (AvgIpc) is 3.16. The Morgan fingerprint density at radius 2 is 1.73 bits per heavy atom. The third kappa shape index (κ3) is 4.13. The zero-order valence-corrected chi connectivity index (χ0v) is 18.5. The van der Waals surface area contributed by atoms with Crippen LogP contribution in [0.25, 0.3) is 27.9 Å². The zero-order valence-electron chi connectivity index (χ0n) is 18.5. The fraction of sp³-hybridized carbons (Fsp3) is 0.154. The Kier molecular flexibility index (Phi) is 6.04. The van der Waals surface area contributed by atoms with Crippen LogP contribution in [0.5, 0.6) is 0 Å². The van der Waals surface area contributed by atoms with E-state index in [9.17, 15) is 14.4 Å². The van der Waals surface area contributed by atoms with Gasteiger partial charge in [-0.25, -0.2) is 14.6 Å². The molecule has 0 amide bonds. The van der Waals surface area contributed by atoms with Crippen LogP contribution in [0.4, 0.5) is 0 Å². The summed E-state index contributed by atoms with van der Waals surface area (Å²) in [6.45, 7) is 2.13. The van der Waals surface area contributed by atoms with Gasteiger partial charge in [-0.2, -0.15) is 0 Å². The van der Waals surface area contributed by atoms with Crippen molar-refractivity contribution in [2.45, 2.75) is 13.5 Å². The van der Waals surface area contributed by atoms with Gasteiger partial charge in [0.05, 0.1) is 31.9 Å². The van der Waals surface area contributed by atoms with Gasteiger partial charge in [0.2, 0.25) is 0 Å². The topological polar surface area (TPSA) is 87.5 Å². The van der Waals surface area contributed by atoms with E-state index in [0.717, 1.165) is 22.0 Å². The van der Waals surface area contributed by atoms with Crippen LogP contribution < -0.4 is 0 Å². The molecule has 0 aliphatic carbocycles. The van der Waals surface area contributed by atoms with E-state index in [2.05, 4.69) is 4.98 Å². The van der Waals surface area contributed by atoms with Crippen molar-refractivity contribution in [2.24, 2.45) is 0 Å². The number of hydrogen-bond acceptors (Lipinski definition) is 6. The lowest BCUT2D eigenvalue weighted by Gasteiger charge is -2.12. The van der Waals surface area contributed by atoms with Crippen molar-refractivity contribution in [3.05, 3.63) is 82.7 Å². The summed E-state index contributed by atoms with van der Waals surface area (Å²) in [5.74, 6) is -1.11. The van der Waals surface area contributed by atoms with Crippen LogP contribution in [0.2, 0.25) is 0 Å². The first-order valence-corrected chi connectivity index (χ1v) is 10.3. The van der Waals surface area contributed by atoms with Gasteiger partial charge in [0.15, 0.2) is 6.29 Å². The van der Waals surface area contributed by atoms with Crippen molar-refractivity contribution in [2.75, 3.05) is 14.2 Å². The molecule has 0 radical (unpaired) electrons. The van der Waals surface area contributed by atoms with Crippen molar-refractivity contribution in [3.63, 3.8) is 0 Å². The predicted molar refractivity (Wildman–Crippen MR) is 125 cm³/mol. The molecule has 33 heavy (non-hydrogen) atoms. The van der Waals surface area contributed by atoms with Crippen LogP contribution in [-0.2, 0) is 20.8 Å². The van der Waals surface area contributed by atoms with Crippen LogP contribution in [0, 0.1) is 6.92 Å². The number of ether oxygens (including phenoxy) is 2. The molecule has 0 fully saturated rings. The molecule has 0 bridgehead atoms. The Morgan fingerprint density at radius 3 is 2.39 bits per heavy atom. The van der Waals surface area contributed by atoms with Gasteiger partial charge in [0.1, 0.15) is 11.4 Å². The highest BCUT2D eigenvalue weighted by molar-refractivity contribution is 6.13. The van der Waals surface area contributed by atoms with Gasteiger partial charge in [0, 0.05) is 16.3 Å². The second kappa shape index (κ2) is 9.08. The molecule has 0 atom stereocenters. The summed E-state index contributed by atoms with van der Waals surface area (Å²) in [5.41, 5.74) is 3.80. The molecule has 4 aromatic rings. The standard InChI is InChI=1S/C26H22N2O5/c1-16-8-10-17(11-9-16)12-18(25(30)32-2)14-28-23-7-5-4-6-19(23)20-13-21(26(31)33-3)27-22(15-29)24(20)28/h4-13,15H,14H2,1-3H3/b18-12+. The SMILES string of the molecule is COC(=O)/C(=C/c1ccc(C)cc1)Cn1c2ccccc2c2cc(C(=O)OC)nc(C=O)c21. The molecule has 7 nitrogen and oxygen atoms in total. The van der Waals surface area contributed by atoms with E-state index in [1.54, 1.807) is 12.1 Å². The monoisotopic (exact) mass is 442 g/mol. The highest BCUT2D eigenvalue weighted by Gasteiger charge is 2.21. The fourth-order valence-corrected chi connectivity index (χ4v) is 3.89. The van der Waals surface area contributed by atoms with Gasteiger partial charge >= 0.3 is 11.9 Å². The van der Waals surface area contributed by atoms with Crippen molar-refractivity contribution < 1.29 is 23.9 Å². The Balaban J connectivity index is 1.96. The lowest BCUT2D eigenvalue weighted by atomic mass is 10.1. The van der Waals surface area contributed by atoms with E-state index in [1.807, 2.05) is 60.0 Å². The summed E-state index contributed by atoms with van der Waals surface area (Å²) in [4.78, 5) is 41.0. The Bertz CT molecular complexity index is 1410. The number of benzene rings is 2. The molecular weight excluding hydrogens is 420 g/mol. The second-order valence-electron chi connectivity index (χ2n) is 7.57. The molecule has 0 N–H and O–H groups in total. The van der Waals surface area contributed by atoms with Gasteiger partial charge in [-0.15, -0.1) is 0 Å². The lowest BCUT2D eigenvalue weighted by Crippen LogP contribution is -2.13. The molecular formula is C26H22N2O5. The smallest absolute Gasteiger partial charge is 0.356 e. The molecule has 0 spiro atoms. The molecule has 0 unspecified atom stereocenters. The molecule has 0 aliphatic rings. The number of carbonyl (C=O) groups excluding carboxylic acids is 3. The first-order chi connectivity index (χ1) is 16.0. The van der Waals surface area contributed by atoms with E-state index < -0.39 is 11.9 Å². The number of para-hydroxylation sites is 1. The van der Waals surface area contributed by atoms with Crippen molar-refractivity contribution in [1.82, 2.24) is 9.55 Å². The molecule has 2 aromatic heterocycles. The number of aromatic nitrogens is 2. The van der Waals surface area contributed by atoms with Crippen LogP contribution in [0.3, 0.4) is 0 Å². The summed E-state index contributed by atoms with van der Waals surface area (Å²) in [6, 6.07) is 16.9. The van der Waals surface area contributed by atoms with E-state index in [4.69, 9.17) is 9.47 Å². The van der Waals surface area contributed by atoms with Gasteiger partial charge in [-0.1, -0.05) is 48.0 Å². The fourth-order valence-electron chi connectivity index (χ4n) is 3.89. The number of hydrogen-bond donors (Lipinski definition) is 0. The lowest BCUT2D eigenvalue weighted by molar-refractivity contribution is -0.136. The maximum Gasteiger partial charge on any atom is 0.356 e. The number of pyridine rings is 1. The number of aryl methyl sites for hydroxylation is 1. The van der Waals surface area contributed by atoms with E-state index in [1.165, 1.54) is 14.2 Å². The van der Waals surface area contributed by atoms with Crippen LogP contribution >= 0.6 is 0 Å². The van der Waals surface area contributed by atoms with Crippen LogP contribution in [0.1, 0.15) is 32.1 Å². The van der Waals surface area contributed by atoms with Crippen LogP contribution in [-0.4, -0.2) is 42.0 Å². The van der Waals surface area contributed by atoms with Gasteiger partial charge in [-0.3, -0.25) is 4.79 Å². The first kappa shape index (κ1) is 22.0. The summed E-state index contributed by atoms with van der Waals surface area (Å²) in [6.07, 6.45) is 2.37. The van der Waals surface area contributed by atoms with E-state index >= 15 is 0 Å². The van der Waals surface area contributed by atoms with Gasteiger partial charge in [-0.05, 0) is 30.7 Å². The predicted octanol–water partition coefficient (Wildman–Crippen LogP) is 4.35. The number of rotatable bonds is 6. The van der Waals surface area contributed by atoms with Crippen molar-refractivity contribution >= 4 is 46.1 Å². The van der Waals surface area contributed by atoms with Gasteiger partial charge in [0.25, 0.3) is 0 Å². The first-order valence-electron chi connectivity index (χ1n) is 10.3. The Hall–Kier alpha value is -4.26. The minimum absolute atomic E-state index is 0.0402. The average molecular weight is 442 g/mol. The molecule has 2 heterocycles. The number of esters is 2. The maximum atomic E-state index is 12.7. The number of aldehydes is 1. The normalized spacial score (nSPS) is 11.5. The Labute approximate surface area is 190 Å². The highest BCUT2D eigenvalue weighted by atomic mass is 16.5. The third-order valence-electron chi connectivity index (χ3n) is 5.48. The van der Waals surface area contributed by atoms with E-state index in [-0.39, 0.29) is 17.9 Å². The molecule has 4 rings (SSSR count). The molecule has 0 aliphatic heterocycles. The summed E-state index contributed by atoms with van der Waals surface area (Å²) < 4.78 is 11.7. The van der Waals surface area contributed by atoms with Gasteiger partial charge < -0.3 is 14.0 Å². The minimum atomic E-state index is -0.633. The van der Waals surface area contributed by atoms with Crippen molar-refractivity contribution in [3.8, 4) is 0 Å². The minimum Gasteiger partial charge on any atom is -0.466 e. The zero-order chi connectivity index (χ0) is 23.5. The third-order valence-corrected chi connectivity index (χ3v) is 5.48. The largest absolute Gasteiger partial charge is 0.466 e. The summed E-state index contributed by atoms with van der Waals surface area (Å²) >= 11 is 0. The number of carbonyl (C=O) groups is 3. The molecule has 2 aromatic carbocycles.